The highest BCUT2D eigenvalue weighted by molar-refractivity contribution is 5.87. The maximum atomic E-state index is 10.2. The number of nitrogens with zero attached hydrogens (tertiary/aromatic N) is 1. The first kappa shape index (κ1) is 31.7. The van der Waals surface area contributed by atoms with Crippen LogP contribution in [-0.4, -0.2) is 42.2 Å². The van der Waals surface area contributed by atoms with Gasteiger partial charge in [0.25, 0.3) is 0 Å². The fourth-order valence-electron chi connectivity index (χ4n) is 5.57. The zero-order valence-electron chi connectivity index (χ0n) is 25.7. The zero-order chi connectivity index (χ0) is 30.6. The van der Waals surface area contributed by atoms with E-state index in [0.717, 1.165) is 48.9 Å². The van der Waals surface area contributed by atoms with E-state index < -0.39 is 5.97 Å². The summed E-state index contributed by atoms with van der Waals surface area (Å²) in [5.74, 6) is 0.944. The first-order valence-electron chi connectivity index (χ1n) is 15.4. The number of carboxylic acid groups (broad SMARTS) is 1. The summed E-state index contributed by atoms with van der Waals surface area (Å²) in [6, 6.07) is 23.7. The first-order chi connectivity index (χ1) is 20.9. The molecule has 228 valence electrons. The highest BCUT2D eigenvalue weighted by Crippen LogP contribution is 2.36. The summed E-state index contributed by atoms with van der Waals surface area (Å²) in [4.78, 5) is 12.8. The van der Waals surface area contributed by atoms with Crippen LogP contribution in [0.4, 0.5) is 11.4 Å². The van der Waals surface area contributed by atoms with Crippen molar-refractivity contribution in [3.63, 3.8) is 0 Å². The molecule has 2 fully saturated rings. The molecule has 3 aromatic rings. The van der Waals surface area contributed by atoms with Crippen LogP contribution < -0.4 is 21.1 Å². The molecule has 0 amide bonds. The number of likely N-dealkylation sites (tertiary alicyclic amines) is 1. The maximum Gasteiger partial charge on any atom is 0.335 e. The van der Waals surface area contributed by atoms with Crippen LogP contribution >= 0.6 is 0 Å². The lowest BCUT2D eigenvalue weighted by molar-refractivity contribution is 0.0697. The molecule has 5 N–H and O–H groups in total. The molecule has 0 aromatic heterocycles. The summed E-state index contributed by atoms with van der Waals surface area (Å²) in [7, 11) is 1.75. The molecular weight excluding hydrogens is 536 g/mol. The number of hydrogen-bond donors (Lipinski definition) is 4. The van der Waals surface area contributed by atoms with E-state index in [2.05, 4.69) is 77.9 Å². The normalized spacial score (nSPS) is 16.1. The van der Waals surface area contributed by atoms with Gasteiger partial charge >= 0.3 is 5.97 Å². The first-order valence-corrected chi connectivity index (χ1v) is 15.4. The molecule has 1 heterocycles. The van der Waals surface area contributed by atoms with Crippen molar-refractivity contribution in [1.29, 1.82) is 0 Å². The predicted molar refractivity (Wildman–Crippen MR) is 177 cm³/mol. The third-order valence-corrected chi connectivity index (χ3v) is 8.11. The molecule has 1 atom stereocenters. The van der Waals surface area contributed by atoms with E-state index in [4.69, 9.17) is 15.6 Å². The fourth-order valence-corrected chi connectivity index (χ4v) is 5.57. The number of methoxy groups -OCH3 is 1. The zero-order valence-corrected chi connectivity index (χ0v) is 25.7. The van der Waals surface area contributed by atoms with Gasteiger partial charge in [-0.05, 0) is 93.0 Å². The third-order valence-electron chi connectivity index (χ3n) is 8.11. The molecule has 43 heavy (non-hydrogen) atoms. The number of carboxylic acids is 1. The van der Waals surface area contributed by atoms with Crippen molar-refractivity contribution >= 4 is 17.3 Å². The summed E-state index contributed by atoms with van der Waals surface area (Å²) in [5.41, 5.74) is 14.1. The van der Waals surface area contributed by atoms with E-state index in [9.17, 15) is 4.79 Å². The minimum Gasteiger partial charge on any atom is -0.495 e. The number of nitrogens with two attached hydrogens (primary N) is 1. The van der Waals surface area contributed by atoms with Crippen molar-refractivity contribution in [3.8, 4) is 5.75 Å². The van der Waals surface area contributed by atoms with Crippen LogP contribution in [0.25, 0.3) is 0 Å². The van der Waals surface area contributed by atoms with Crippen LogP contribution in [0.1, 0.15) is 66.9 Å². The number of nitrogens with one attached hydrogen (secondary N) is 2. The highest BCUT2D eigenvalue weighted by Gasteiger charge is 2.28. The number of benzene rings is 3. The monoisotopic (exact) mass is 582 g/mol. The topological polar surface area (TPSA) is 99.9 Å². The number of aromatic carboxylic acids is 1. The van der Waals surface area contributed by atoms with E-state index in [1.54, 1.807) is 43.0 Å². The average Bonchev–Trinajstić information content (AvgIpc) is 3.47. The summed E-state index contributed by atoms with van der Waals surface area (Å²) in [5, 5.41) is 15.5. The molecule has 7 heteroatoms. The number of rotatable bonds is 11. The van der Waals surface area contributed by atoms with E-state index in [-0.39, 0.29) is 0 Å². The molecule has 1 unspecified atom stereocenters. The van der Waals surface area contributed by atoms with Gasteiger partial charge in [0.2, 0.25) is 0 Å². The van der Waals surface area contributed by atoms with E-state index in [0.29, 0.717) is 11.6 Å². The number of aryl methyl sites for hydroxylation is 1. The minimum atomic E-state index is -0.879. The molecule has 1 saturated carbocycles. The van der Waals surface area contributed by atoms with Crippen molar-refractivity contribution in [2.45, 2.75) is 64.8 Å². The molecule has 2 aliphatic rings. The second-order valence-electron chi connectivity index (χ2n) is 11.1. The highest BCUT2D eigenvalue weighted by atomic mass is 16.5. The van der Waals surface area contributed by atoms with Crippen molar-refractivity contribution < 1.29 is 14.6 Å². The van der Waals surface area contributed by atoms with Gasteiger partial charge in [0.15, 0.2) is 0 Å². The van der Waals surface area contributed by atoms with Crippen molar-refractivity contribution in [3.05, 3.63) is 113 Å². The van der Waals surface area contributed by atoms with Crippen LogP contribution in [0, 0.1) is 6.92 Å². The van der Waals surface area contributed by atoms with Crippen molar-refractivity contribution in [2.24, 2.45) is 5.73 Å². The van der Waals surface area contributed by atoms with Crippen LogP contribution in [0.5, 0.6) is 5.75 Å². The molecule has 0 spiro atoms. The predicted octanol–water partition coefficient (Wildman–Crippen LogP) is 7.57. The van der Waals surface area contributed by atoms with E-state index >= 15 is 0 Å². The molecule has 0 bridgehead atoms. The van der Waals surface area contributed by atoms with Gasteiger partial charge in [-0.3, -0.25) is 0 Å². The van der Waals surface area contributed by atoms with Gasteiger partial charge in [-0.1, -0.05) is 55.0 Å². The van der Waals surface area contributed by atoms with Gasteiger partial charge < -0.3 is 31.1 Å². The summed E-state index contributed by atoms with van der Waals surface area (Å²) < 4.78 is 5.82. The van der Waals surface area contributed by atoms with Crippen LogP contribution in [0.3, 0.4) is 0 Å². The summed E-state index contributed by atoms with van der Waals surface area (Å²) in [6.07, 6.45) is 10.3. The Bertz CT molecular complexity index is 1410. The Labute approximate surface area is 256 Å². The lowest BCUT2D eigenvalue weighted by Gasteiger charge is -2.34. The van der Waals surface area contributed by atoms with Crippen LogP contribution in [-0.2, 0) is 6.42 Å². The van der Waals surface area contributed by atoms with Gasteiger partial charge in [-0.25, -0.2) is 4.79 Å². The molecule has 5 rings (SSSR count). The number of carbonyl (C=O) groups is 1. The number of para-hydroxylation sites is 1. The minimum absolute atomic E-state index is 0.331. The van der Waals surface area contributed by atoms with Gasteiger partial charge in [0.1, 0.15) is 11.6 Å². The number of allylic oxidation sites excluding steroid dienone is 3. The second kappa shape index (κ2) is 15.8. The van der Waals surface area contributed by atoms with Crippen molar-refractivity contribution in [1.82, 2.24) is 4.90 Å². The Kier molecular flexibility index (Phi) is 11.7. The maximum absolute atomic E-state index is 10.2. The number of anilines is 2. The summed E-state index contributed by atoms with van der Waals surface area (Å²) in [6.45, 7) is 6.13. The van der Waals surface area contributed by atoms with Crippen LogP contribution in [0.2, 0.25) is 0 Å². The van der Waals surface area contributed by atoms with Gasteiger partial charge in [0, 0.05) is 36.9 Å². The number of ether oxygens (including phenoxy) is 1. The Morgan fingerprint density at radius 2 is 1.74 bits per heavy atom. The fraction of sp³-hybridized carbons (Fsp3) is 0.361. The quantitative estimate of drug-likeness (QED) is 0.185. The summed E-state index contributed by atoms with van der Waals surface area (Å²) >= 11 is 0. The van der Waals surface area contributed by atoms with Crippen molar-refractivity contribution in [2.75, 3.05) is 30.8 Å². The second-order valence-corrected chi connectivity index (χ2v) is 11.1. The molecule has 1 aliphatic heterocycles. The van der Waals surface area contributed by atoms with E-state index in [1.165, 1.54) is 48.9 Å². The Balaban J connectivity index is 0.000000403. The largest absolute Gasteiger partial charge is 0.495 e. The van der Waals surface area contributed by atoms with Gasteiger partial charge in [0.05, 0.1) is 18.4 Å². The van der Waals surface area contributed by atoms with Crippen LogP contribution in [0.15, 0.2) is 96.0 Å². The standard InChI is InChI=1S/C29H40N4O.C7H6O2/c1-4-9-29(31-25-14-6-5-10-21(25)2)32-26-16-15-22(19-28(26)34-3)18-27(23-11-7-12-23)33-17-8-13-24(33)20-30;8-7(9)6-4-2-1-3-5-6/h5-6,9-10,14-16,19,24,31-32H,4,7-8,11-13,17-18,20,30H2,1-3H3;1-5H,(H,8,9)/b29-9+;. The third kappa shape index (κ3) is 8.64. The Hall–Kier alpha value is -4.23. The molecular formula is C36H46N4O3. The molecule has 0 radical (unpaired) electrons. The lowest BCUT2D eigenvalue weighted by Crippen LogP contribution is -2.36. The number of hydrogen-bond acceptors (Lipinski definition) is 6. The Morgan fingerprint density at radius 3 is 2.35 bits per heavy atom. The molecule has 3 aromatic carbocycles. The van der Waals surface area contributed by atoms with Gasteiger partial charge in [-0.2, -0.15) is 0 Å². The Morgan fingerprint density at radius 1 is 1.02 bits per heavy atom. The average molecular weight is 583 g/mol. The SMILES string of the molecule is CC/C=C(\Nc1ccccc1C)Nc1ccc(CC(=C2CCC2)N2CCCC2CN)cc1OC.O=C(O)c1ccccc1. The van der Waals surface area contributed by atoms with E-state index in [1.807, 2.05) is 0 Å². The lowest BCUT2D eigenvalue weighted by atomic mass is 9.87. The molecule has 7 nitrogen and oxygen atoms in total. The van der Waals surface area contributed by atoms with Gasteiger partial charge in [-0.15, -0.1) is 0 Å². The molecule has 1 saturated heterocycles. The smallest absolute Gasteiger partial charge is 0.335 e. The molecule has 1 aliphatic carbocycles.